The Balaban J connectivity index is 0. The topological polar surface area (TPSA) is 3.24 Å². The van der Waals surface area contributed by atoms with E-state index >= 15 is 0 Å². The van der Waals surface area contributed by atoms with Crippen LogP contribution in [0.4, 0.5) is 0 Å². The number of unbranched alkanes of at least 4 members (excludes halogenated alkanes) is 19. The van der Waals surface area contributed by atoms with E-state index in [4.69, 9.17) is 0 Å². The Bertz CT molecular complexity index is 316. The number of hydrogen-bond acceptors (Lipinski definition) is 1. The van der Waals surface area contributed by atoms with Gasteiger partial charge in [-0.15, -0.1) is 12.4 Å². The Morgan fingerprint density at radius 2 is 0.733 bits per heavy atom. The summed E-state index contributed by atoms with van der Waals surface area (Å²) in [6.07, 6.45) is 30.5. The average Bonchev–Trinajstić information content (AvgIpc) is 2.72. The van der Waals surface area contributed by atoms with Crippen molar-refractivity contribution >= 4 is 12.4 Å². The van der Waals surface area contributed by atoms with Gasteiger partial charge in [0.2, 0.25) is 0 Å². The van der Waals surface area contributed by atoms with Gasteiger partial charge in [0.15, 0.2) is 0 Å². The molecule has 0 unspecified atom stereocenters. The molecular weight excluding hydrogens is 386 g/mol. The average molecular weight is 446 g/mol. The second-order valence-electron chi connectivity index (χ2n) is 10.3. The minimum atomic E-state index is 0. The highest BCUT2D eigenvalue weighted by Crippen LogP contribution is 2.18. The van der Waals surface area contributed by atoms with Gasteiger partial charge in [-0.25, -0.2) is 0 Å². The first-order valence-corrected chi connectivity index (χ1v) is 13.8. The van der Waals surface area contributed by atoms with Gasteiger partial charge in [0.05, 0.1) is 0 Å². The molecule has 0 spiro atoms. The number of halogens is 1. The molecule has 0 aromatic heterocycles. The molecule has 2 heteroatoms. The Labute approximate surface area is 199 Å². The summed E-state index contributed by atoms with van der Waals surface area (Å²) in [5.74, 6) is 0. The lowest BCUT2D eigenvalue weighted by Gasteiger charge is -2.34. The molecule has 184 valence electrons. The van der Waals surface area contributed by atoms with Crippen molar-refractivity contribution < 1.29 is 0 Å². The van der Waals surface area contributed by atoms with Crippen LogP contribution in [0.5, 0.6) is 0 Å². The molecule has 0 N–H and O–H groups in total. The fourth-order valence-corrected chi connectivity index (χ4v) is 4.18. The molecule has 0 saturated heterocycles. The normalized spacial score (nSPS) is 11.8. The quantitative estimate of drug-likeness (QED) is 0.141. The summed E-state index contributed by atoms with van der Waals surface area (Å²) in [4.78, 5) is 2.54. The molecule has 0 aromatic carbocycles. The molecule has 0 saturated carbocycles. The third-order valence-electron chi connectivity index (χ3n) is 7.25. The van der Waals surface area contributed by atoms with E-state index < -0.39 is 0 Å². The van der Waals surface area contributed by atoms with Crippen LogP contribution in [0.1, 0.15) is 163 Å². The zero-order valence-electron chi connectivity index (χ0n) is 21.9. The summed E-state index contributed by atoms with van der Waals surface area (Å²) in [6, 6.07) is 0. The lowest BCUT2D eigenvalue weighted by atomic mass is 9.99. The predicted octanol–water partition coefficient (Wildman–Crippen LogP) is 10.4. The van der Waals surface area contributed by atoms with Gasteiger partial charge in [0.25, 0.3) is 0 Å². The van der Waals surface area contributed by atoms with Crippen molar-refractivity contribution in [3.63, 3.8) is 0 Å². The standard InChI is InChI=1S/C28H59N.ClH/c1-6-8-9-10-11-12-13-14-15-16-17-18-19-20-21-22-23-24-25-26-27-29(5)28(3,4)7-2;/h6-27H2,1-5H3;1H. The fourth-order valence-electron chi connectivity index (χ4n) is 4.18. The largest absolute Gasteiger partial charge is 0.301 e. The second-order valence-corrected chi connectivity index (χ2v) is 10.3. The number of hydrogen-bond donors (Lipinski definition) is 0. The molecule has 0 aromatic rings. The van der Waals surface area contributed by atoms with Crippen molar-refractivity contribution in [2.24, 2.45) is 0 Å². The van der Waals surface area contributed by atoms with Crippen molar-refractivity contribution in [2.75, 3.05) is 13.6 Å². The van der Waals surface area contributed by atoms with Crippen LogP contribution in [-0.4, -0.2) is 24.0 Å². The summed E-state index contributed by atoms with van der Waals surface area (Å²) in [7, 11) is 2.29. The molecule has 0 fully saturated rings. The van der Waals surface area contributed by atoms with E-state index in [9.17, 15) is 0 Å². The Morgan fingerprint density at radius 1 is 0.467 bits per heavy atom. The lowest BCUT2D eigenvalue weighted by molar-refractivity contribution is 0.148. The SMILES string of the molecule is CCCCCCCCCCCCCCCCCCCCCCN(C)C(C)(C)CC.Cl. The van der Waals surface area contributed by atoms with Crippen LogP contribution in [0, 0.1) is 0 Å². The molecule has 0 radical (unpaired) electrons. The smallest absolute Gasteiger partial charge is 0.0147 e. The summed E-state index contributed by atoms with van der Waals surface area (Å²) in [5.41, 5.74) is 0.369. The number of nitrogens with zero attached hydrogens (tertiary/aromatic N) is 1. The van der Waals surface area contributed by atoms with Gasteiger partial charge >= 0.3 is 0 Å². The van der Waals surface area contributed by atoms with Crippen LogP contribution >= 0.6 is 12.4 Å². The van der Waals surface area contributed by atoms with E-state index in [0.717, 1.165) is 0 Å². The maximum atomic E-state index is 2.54. The maximum absolute atomic E-state index is 2.54. The molecule has 0 atom stereocenters. The highest BCUT2D eigenvalue weighted by Gasteiger charge is 2.19. The van der Waals surface area contributed by atoms with Crippen LogP contribution in [-0.2, 0) is 0 Å². The molecule has 1 nitrogen and oxygen atoms in total. The molecule has 0 aliphatic heterocycles. The van der Waals surface area contributed by atoms with Gasteiger partial charge in [0, 0.05) is 5.54 Å². The molecule has 0 aliphatic carbocycles. The van der Waals surface area contributed by atoms with E-state index in [2.05, 4.69) is 39.6 Å². The highest BCUT2D eigenvalue weighted by molar-refractivity contribution is 5.85. The van der Waals surface area contributed by atoms with Crippen LogP contribution in [0.15, 0.2) is 0 Å². The third-order valence-corrected chi connectivity index (χ3v) is 7.25. The van der Waals surface area contributed by atoms with Crippen LogP contribution in [0.3, 0.4) is 0 Å². The summed E-state index contributed by atoms with van der Waals surface area (Å²) < 4.78 is 0. The minimum Gasteiger partial charge on any atom is -0.301 e. The summed E-state index contributed by atoms with van der Waals surface area (Å²) >= 11 is 0. The zero-order chi connectivity index (χ0) is 21.6. The van der Waals surface area contributed by atoms with Crippen LogP contribution in [0.25, 0.3) is 0 Å². The van der Waals surface area contributed by atoms with Crippen LogP contribution in [0.2, 0.25) is 0 Å². The van der Waals surface area contributed by atoms with E-state index in [1.165, 1.54) is 141 Å². The van der Waals surface area contributed by atoms with E-state index in [-0.39, 0.29) is 12.4 Å². The second kappa shape index (κ2) is 23.9. The molecule has 0 aliphatic rings. The van der Waals surface area contributed by atoms with Crippen molar-refractivity contribution in [1.29, 1.82) is 0 Å². The Hall–Kier alpha value is 0.250. The van der Waals surface area contributed by atoms with Gasteiger partial charge in [-0.3, -0.25) is 0 Å². The molecule has 0 heterocycles. The van der Waals surface area contributed by atoms with Crippen molar-refractivity contribution in [2.45, 2.75) is 168 Å². The van der Waals surface area contributed by atoms with Crippen molar-refractivity contribution in [3.05, 3.63) is 0 Å². The lowest BCUT2D eigenvalue weighted by Crippen LogP contribution is -2.40. The van der Waals surface area contributed by atoms with E-state index in [0.29, 0.717) is 5.54 Å². The molecule has 0 rings (SSSR count). The van der Waals surface area contributed by atoms with Gasteiger partial charge in [-0.05, 0) is 40.3 Å². The molecule has 0 bridgehead atoms. The highest BCUT2D eigenvalue weighted by atomic mass is 35.5. The minimum absolute atomic E-state index is 0. The summed E-state index contributed by atoms with van der Waals surface area (Å²) in [6.45, 7) is 10.6. The fraction of sp³-hybridized carbons (Fsp3) is 1.00. The van der Waals surface area contributed by atoms with Crippen molar-refractivity contribution in [3.8, 4) is 0 Å². The Morgan fingerprint density at radius 3 is 1.00 bits per heavy atom. The third kappa shape index (κ3) is 21.5. The van der Waals surface area contributed by atoms with Gasteiger partial charge in [-0.2, -0.15) is 0 Å². The monoisotopic (exact) mass is 445 g/mol. The van der Waals surface area contributed by atoms with Gasteiger partial charge in [0.1, 0.15) is 0 Å². The first-order chi connectivity index (χ1) is 14.0. The van der Waals surface area contributed by atoms with Crippen molar-refractivity contribution in [1.82, 2.24) is 4.90 Å². The first-order valence-electron chi connectivity index (χ1n) is 13.8. The van der Waals surface area contributed by atoms with E-state index in [1.807, 2.05) is 0 Å². The van der Waals surface area contributed by atoms with Gasteiger partial charge in [-0.1, -0.05) is 136 Å². The van der Waals surface area contributed by atoms with Gasteiger partial charge < -0.3 is 4.90 Å². The summed E-state index contributed by atoms with van der Waals surface area (Å²) in [5, 5.41) is 0. The predicted molar refractivity (Wildman–Crippen MR) is 142 cm³/mol. The zero-order valence-corrected chi connectivity index (χ0v) is 22.7. The Kier molecular flexibility index (Phi) is 25.8. The molecule has 0 amide bonds. The molecule has 30 heavy (non-hydrogen) atoms. The molecular formula is C28H60ClN. The first kappa shape index (κ1) is 32.4. The number of rotatable bonds is 23. The van der Waals surface area contributed by atoms with Crippen LogP contribution < -0.4 is 0 Å². The van der Waals surface area contributed by atoms with E-state index in [1.54, 1.807) is 0 Å². The maximum Gasteiger partial charge on any atom is 0.0147 e.